The summed E-state index contributed by atoms with van der Waals surface area (Å²) in [5.41, 5.74) is 0. The van der Waals surface area contributed by atoms with Gasteiger partial charge in [0, 0.05) is 12.1 Å². The molecule has 2 saturated carbocycles. The van der Waals surface area contributed by atoms with Crippen molar-refractivity contribution < 1.29 is 5.11 Å². The monoisotopic (exact) mass is 197 g/mol. The number of rotatable bonds is 4. The van der Waals surface area contributed by atoms with Crippen LogP contribution in [-0.4, -0.2) is 23.3 Å². The van der Waals surface area contributed by atoms with Gasteiger partial charge in [-0.3, -0.25) is 0 Å². The summed E-state index contributed by atoms with van der Waals surface area (Å²) in [4.78, 5) is 0. The minimum atomic E-state index is -0.0772. The lowest BCUT2D eigenvalue weighted by atomic mass is 9.92. The normalized spacial score (nSPS) is 42.4. The topological polar surface area (TPSA) is 32.3 Å². The summed E-state index contributed by atoms with van der Waals surface area (Å²) in [6, 6.07) is 1.13. The molecule has 2 nitrogen and oxygen atoms in total. The summed E-state index contributed by atoms with van der Waals surface area (Å²) >= 11 is 0. The molecule has 2 aliphatic rings. The van der Waals surface area contributed by atoms with Crippen LogP contribution in [0.25, 0.3) is 0 Å². The molecule has 0 aromatic carbocycles. The Hall–Kier alpha value is -0.0800. The molecular weight excluding hydrogens is 174 g/mol. The van der Waals surface area contributed by atoms with E-state index in [0.29, 0.717) is 6.04 Å². The smallest absolute Gasteiger partial charge is 0.0693 e. The van der Waals surface area contributed by atoms with E-state index in [-0.39, 0.29) is 6.10 Å². The minimum Gasteiger partial charge on any atom is -0.392 e. The van der Waals surface area contributed by atoms with Gasteiger partial charge in [0.15, 0.2) is 0 Å². The quantitative estimate of drug-likeness (QED) is 0.723. The molecule has 82 valence electrons. The minimum absolute atomic E-state index is 0.0772. The highest BCUT2D eigenvalue weighted by atomic mass is 16.3. The lowest BCUT2D eigenvalue weighted by Crippen LogP contribution is -2.43. The molecule has 0 aromatic heterocycles. The van der Waals surface area contributed by atoms with Crippen LogP contribution in [0.4, 0.5) is 0 Å². The Morgan fingerprint density at radius 3 is 2.71 bits per heavy atom. The summed E-state index contributed by atoms with van der Waals surface area (Å²) < 4.78 is 0. The molecule has 14 heavy (non-hydrogen) atoms. The van der Waals surface area contributed by atoms with Crippen LogP contribution in [-0.2, 0) is 0 Å². The summed E-state index contributed by atoms with van der Waals surface area (Å²) in [5.74, 6) is 0.911. The maximum atomic E-state index is 9.80. The Morgan fingerprint density at radius 2 is 2.00 bits per heavy atom. The Bertz CT molecular complexity index is 183. The predicted molar refractivity (Wildman–Crippen MR) is 58.2 cm³/mol. The SMILES string of the molecule is CCCC1CC1NC1CCCCC1O. The van der Waals surface area contributed by atoms with Crippen molar-refractivity contribution in [1.82, 2.24) is 5.32 Å². The number of aliphatic hydroxyl groups is 1. The Morgan fingerprint density at radius 1 is 1.21 bits per heavy atom. The third kappa shape index (κ3) is 2.48. The third-order valence-electron chi connectivity index (χ3n) is 3.74. The summed E-state index contributed by atoms with van der Waals surface area (Å²) in [7, 11) is 0. The molecule has 0 spiro atoms. The largest absolute Gasteiger partial charge is 0.392 e. The van der Waals surface area contributed by atoms with Crippen molar-refractivity contribution in [2.45, 2.75) is 70.1 Å². The van der Waals surface area contributed by atoms with Gasteiger partial charge < -0.3 is 10.4 Å². The van der Waals surface area contributed by atoms with E-state index in [9.17, 15) is 5.11 Å². The molecule has 0 aliphatic heterocycles. The van der Waals surface area contributed by atoms with Gasteiger partial charge in [-0.25, -0.2) is 0 Å². The first-order valence-corrected chi connectivity index (χ1v) is 6.25. The molecule has 4 atom stereocenters. The second-order valence-electron chi connectivity index (χ2n) is 5.02. The summed E-state index contributed by atoms with van der Waals surface area (Å²) in [6.45, 7) is 2.25. The second-order valence-corrected chi connectivity index (χ2v) is 5.02. The van der Waals surface area contributed by atoms with E-state index in [0.717, 1.165) is 18.4 Å². The molecule has 0 bridgehead atoms. The fourth-order valence-corrected chi connectivity index (χ4v) is 2.72. The van der Waals surface area contributed by atoms with E-state index < -0.39 is 0 Å². The molecule has 2 rings (SSSR count). The van der Waals surface area contributed by atoms with Gasteiger partial charge in [0.25, 0.3) is 0 Å². The number of hydrogen-bond acceptors (Lipinski definition) is 2. The van der Waals surface area contributed by atoms with Crippen molar-refractivity contribution in [2.24, 2.45) is 5.92 Å². The Labute approximate surface area is 87.1 Å². The van der Waals surface area contributed by atoms with Crippen LogP contribution >= 0.6 is 0 Å². The zero-order valence-electron chi connectivity index (χ0n) is 9.21. The van der Waals surface area contributed by atoms with E-state index in [1.54, 1.807) is 0 Å². The van der Waals surface area contributed by atoms with Crippen LogP contribution in [0.2, 0.25) is 0 Å². The Kier molecular flexibility index (Phi) is 3.45. The highest BCUT2D eigenvalue weighted by Crippen LogP contribution is 2.36. The molecule has 2 N–H and O–H groups in total. The number of aliphatic hydroxyl groups excluding tert-OH is 1. The average molecular weight is 197 g/mol. The van der Waals surface area contributed by atoms with Crippen LogP contribution < -0.4 is 5.32 Å². The fourth-order valence-electron chi connectivity index (χ4n) is 2.72. The number of hydrogen-bond donors (Lipinski definition) is 2. The van der Waals surface area contributed by atoms with Gasteiger partial charge in [0.2, 0.25) is 0 Å². The Balaban J connectivity index is 1.70. The highest BCUT2D eigenvalue weighted by Gasteiger charge is 2.38. The van der Waals surface area contributed by atoms with Crippen molar-refractivity contribution in [3.63, 3.8) is 0 Å². The predicted octanol–water partition coefficient (Wildman–Crippen LogP) is 2.07. The molecule has 2 aliphatic carbocycles. The molecule has 2 heteroatoms. The van der Waals surface area contributed by atoms with E-state index in [1.807, 2.05) is 0 Å². The van der Waals surface area contributed by atoms with Crippen molar-refractivity contribution in [3.05, 3.63) is 0 Å². The second kappa shape index (κ2) is 4.63. The van der Waals surface area contributed by atoms with E-state index in [1.165, 1.54) is 38.5 Å². The van der Waals surface area contributed by atoms with Gasteiger partial charge in [0.05, 0.1) is 6.10 Å². The lowest BCUT2D eigenvalue weighted by Gasteiger charge is -2.28. The zero-order chi connectivity index (χ0) is 9.97. The molecule has 4 unspecified atom stereocenters. The maximum absolute atomic E-state index is 9.80. The lowest BCUT2D eigenvalue weighted by molar-refractivity contribution is 0.0893. The molecule has 0 saturated heterocycles. The van der Waals surface area contributed by atoms with Gasteiger partial charge >= 0.3 is 0 Å². The van der Waals surface area contributed by atoms with E-state index >= 15 is 0 Å². The van der Waals surface area contributed by atoms with Crippen LogP contribution in [0.1, 0.15) is 51.9 Å². The third-order valence-corrected chi connectivity index (χ3v) is 3.74. The van der Waals surface area contributed by atoms with Gasteiger partial charge in [0.1, 0.15) is 0 Å². The molecule has 0 aromatic rings. The molecule has 0 heterocycles. The van der Waals surface area contributed by atoms with Crippen molar-refractivity contribution in [3.8, 4) is 0 Å². The first kappa shape index (κ1) is 10.4. The van der Waals surface area contributed by atoms with Gasteiger partial charge in [-0.1, -0.05) is 26.2 Å². The first-order valence-electron chi connectivity index (χ1n) is 6.25. The average Bonchev–Trinajstić information content (AvgIpc) is 2.89. The molecule has 0 radical (unpaired) electrons. The molecular formula is C12H23NO. The van der Waals surface area contributed by atoms with E-state index in [4.69, 9.17) is 0 Å². The van der Waals surface area contributed by atoms with Crippen LogP contribution in [0.3, 0.4) is 0 Å². The molecule has 2 fully saturated rings. The van der Waals surface area contributed by atoms with Crippen molar-refractivity contribution >= 4 is 0 Å². The highest BCUT2D eigenvalue weighted by molar-refractivity contribution is 4.96. The zero-order valence-corrected chi connectivity index (χ0v) is 9.21. The van der Waals surface area contributed by atoms with Gasteiger partial charge in [-0.15, -0.1) is 0 Å². The van der Waals surface area contributed by atoms with Crippen LogP contribution in [0.5, 0.6) is 0 Å². The van der Waals surface area contributed by atoms with Crippen molar-refractivity contribution in [2.75, 3.05) is 0 Å². The summed E-state index contributed by atoms with van der Waals surface area (Å²) in [6.07, 6.45) is 8.61. The standard InChI is InChI=1S/C12H23NO/c1-2-5-9-8-11(9)13-10-6-3-4-7-12(10)14/h9-14H,2-8H2,1H3. The first-order chi connectivity index (χ1) is 6.81. The molecule has 0 amide bonds. The van der Waals surface area contributed by atoms with E-state index in [2.05, 4.69) is 12.2 Å². The van der Waals surface area contributed by atoms with Crippen LogP contribution in [0, 0.1) is 5.92 Å². The van der Waals surface area contributed by atoms with Crippen molar-refractivity contribution in [1.29, 1.82) is 0 Å². The summed E-state index contributed by atoms with van der Waals surface area (Å²) in [5, 5.41) is 13.4. The van der Waals surface area contributed by atoms with Gasteiger partial charge in [-0.2, -0.15) is 0 Å². The number of nitrogens with one attached hydrogen (secondary N) is 1. The van der Waals surface area contributed by atoms with Crippen LogP contribution in [0.15, 0.2) is 0 Å². The fraction of sp³-hybridized carbons (Fsp3) is 1.00. The van der Waals surface area contributed by atoms with Gasteiger partial charge in [-0.05, 0) is 31.6 Å². The maximum Gasteiger partial charge on any atom is 0.0693 e.